The molecule has 1 fully saturated rings. The Balaban J connectivity index is 1.99. The molecule has 1 N–H and O–H groups in total. The Labute approximate surface area is 119 Å². The summed E-state index contributed by atoms with van der Waals surface area (Å²) in [6.45, 7) is 1.51. The molecule has 2 rings (SSSR count). The van der Waals surface area contributed by atoms with Gasteiger partial charge in [-0.3, -0.25) is 14.9 Å². The fourth-order valence-electron chi connectivity index (χ4n) is 2.32. The van der Waals surface area contributed by atoms with E-state index in [0.717, 1.165) is 18.9 Å². The van der Waals surface area contributed by atoms with E-state index in [0.29, 0.717) is 19.2 Å². The summed E-state index contributed by atoms with van der Waals surface area (Å²) in [5.74, 6) is -2.22. The quantitative estimate of drug-likeness (QED) is 0.668. The molecule has 0 saturated carbocycles. The Kier molecular flexibility index (Phi) is 4.66. The van der Waals surface area contributed by atoms with Crippen LogP contribution < -0.4 is 5.32 Å². The number of nitrogens with one attached hydrogen (secondary N) is 1. The molecule has 0 atom stereocenters. The number of hydrogen-bond acceptors (Lipinski definition) is 4. The van der Waals surface area contributed by atoms with Gasteiger partial charge in [0.25, 0.3) is 0 Å². The Bertz CT molecular complexity index is 560. The number of nitro groups is 1. The number of benzene rings is 1. The molecule has 6 nitrogen and oxygen atoms in total. The average Bonchev–Trinajstić information content (AvgIpc) is 2.91. The van der Waals surface area contributed by atoms with Gasteiger partial charge in [-0.25, -0.2) is 4.39 Å². The van der Waals surface area contributed by atoms with Crippen molar-refractivity contribution in [2.45, 2.75) is 19.3 Å². The van der Waals surface area contributed by atoms with E-state index < -0.39 is 22.2 Å². The highest BCUT2D eigenvalue weighted by Crippen LogP contribution is 2.28. The van der Waals surface area contributed by atoms with Crippen LogP contribution in [0.3, 0.4) is 0 Å². The zero-order valence-corrected chi connectivity index (χ0v) is 11.3. The summed E-state index contributed by atoms with van der Waals surface area (Å²) >= 11 is 0. The molecule has 0 bridgehead atoms. The number of rotatable bonds is 5. The van der Waals surface area contributed by atoms with Gasteiger partial charge in [-0.1, -0.05) is 0 Å². The predicted octanol–water partition coefficient (Wildman–Crippen LogP) is 2.30. The summed E-state index contributed by atoms with van der Waals surface area (Å²) in [5, 5.41) is 13.3. The number of amides is 1. The van der Waals surface area contributed by atoms with Crippen molar-refractivity contribution < 1.29 is 18.5 Å². The van der Waals surface area contributed by atoms with Crippen molar-refractivity contribution in [3.8, 4) is 0 Å². The molecule has 0 spiro atoms. The molecular weight excluding hydrogens is 284 g/mol. The van der Waals surface area contributed by atoms with Gasteiger partial charge in [0.2, 0.25) is 11.7 Å². The highest BCUT2D eigenvalue weighted by atomic mass is 19.1. The van der Waals surface area contributed by atoms with Gasteiger partial charge in [0.15, 0.2) is 0 Å². The number of likely N-dealkylation sites (tertiary alicyclic amines) is 1. The number of carbonyl (C=O) groups excluding carboxylic acids is 1. The molecule has 21 heavy (non-hydrogen) atoms. The van der Waals surface area contributed by atoms with Crippen LogP contribution in [0.5, 0.6) is 0 Å². The second-order valence-electron chi connectivity index (χ2n) is 4.81. The van der Waals surface area contributed by atoms with Crippen LogP contribution in [0, 0.1) is 21.7 Å². The first-order valence-electron chi connectivity index (χ1n) is 6.64. The minimum atomic E-state index is -1.24. The smallest absolute Gasteiger partial charge is 0.327 e. The van der Waals surface area contributed by atoms with E-state index in [1.807, 2.05) is 0 Å². The number of nitro benzene ring substituents is 1. The number of hydrogen-bond donors (Lipinski definition) is 1. The predicted molar refractivity (Wildman–Crippen MR) is 71.9 cm³/mol. The lowest BCUT2D eigenvalue weighted by molar-refractivity contribution is -0.386. The Morgan fingerprint density at radius 2 is 2.00 bits per heavy atom. The van der Waals surface area contributed by atoms with Crippen molar-refractivity contribution >= 4 is 17.3 Å². The molecule has 114 valence electrons. The zero-order valence-electron chi connectivity index (χ0n) is 11.3. The summed E-state index contributed by atoms with van der Waals surface area (Å²) in [6.07, 6.45) is 2.06. The molecule has 1 saturated heterocycles. The maximum absolute atomic E-state index is 13.4. The highest BCUT2D eigenvalue weighted by molar-refractivity contribution is 5.77. The lowest BCUT2D eigenvalue weighted by atomic mass is 10.2. The summed E-state index contributed by atoms with van der Waals surface area (Å²) in [4.78, 5) is 23.4. The summed E-state index contributed by atoms with van der Waals surface area (Å²) in [6, 6.07) is 1.31. The van der Waals surface area contributed by atoms with Crippen LogP contribution in [-0.2, 0) is 4.79 Å². The third kappa shape index (κ3) is 3.65. The first-order chi connectivity index (χ1) is 9.99. The van der Waals surface area contributed by atoms with Crippen LogP contribution >= 0.6 is 0 Å². The van der Waals surface area contributed by atoms with Crippen LogP contribution in [0.2, 0.25) is 0 Å². The van der Waals surface area contributed by atoms with Crippen molar-refractivity contribution in [2.24, 2.45) is 0 Å². The van der Waals surface area contributed by atoms with Crippen molar-refractivity contribution in [3.63, 3.8) is 0 Å². The van der Waals surface area contributed by atoms with Crippen molar-refractivity contribution in [3.05, 3.63) is 33.9 Å². The van der Waals surface area contributed by atoms with Gasteiger partial charge < -0.3 is 10.2 Å². The van der Waals surface area contributed by atoms with Crippen molar-refractivity contribution in [2.75, 3.05) is 25.0 Å². The molecule has 0 radical (unpaired) electrons. The molecule has 8 heteroatoms. The standard InChI is InChI=1S/C13H15F2N3O3/c14-9-7-10(15)13(18(20)21)11(8-9)16-4-3-12(19)17-5-1-2-6-17/h7-8,16H,1-6H2. The van der Waals surface area contributed by atoms with E-state index in [4.69, 9.17) is 0 Å². The third-order valence-electron chi connectivity index (χ3n) is 3.32. The lowest BCUT2D eigenvalue weighted by Gasteiger charge is -2.15. The van der Waals surface area contributed by atoms with Gasteiger partial charge in [-0.2, -0.15) is 4.39 Å². The fraction of sp³-hybridized carbons (Fsp3) is 0.462. The van der Waals surface area contributed by atoms with Gasteiger partial charge >= 0.3 is 5.69 Å². The van der Waals surface area contributed by atoms with E-state index >= 15 is 0 Å². The topological polar surface area (TPSA) is 75.5 Å². The zero-order chi connectivity index (χ0) is 15.4. The molecule has 1 aliphatic heterocycles. The maximum atomic E-state index is 13.4. The summed E-state index contributed by atoms with van der Waals surface area (Å²) < 4.78 is 26.5. The lowest BCUT2D eigenvalue weighted by Crippen LogP contribution is -2.29. The highest BCUT2D eigenvalue weighted by Gasteiger charge is 2.22. The van der Waals surface area contributed by atoms with Crippen LogP contribution in [0.25, 0.3) is 0 Å². The Morgan fingerprint density at radius 1 is 1.33 bits per heavy atom. The van der Waals surface area contributed by atoms with Gasteiger partial charge in [-0.15, -0.1) is 0 Å². The van der Waals surface area contributed by atoms with Crippen LogP contribution in [0.15, 0.2) is 12.1 Å². The number of carbonyl (C=O) groups is 1. The van der Waals surface area contributed by atoms with Gasteiger partial charge in [0.1, 0.15) is 11.5 Å². The van der Waals surface area contributed by atoms with Crippen LogP contribution in [0.4, 0.5) is 20.2 Å². The molecule has 1 heterocycles. The SMILES string of the molecule is O=C(CCNc1cc(F)cc(F)c1[N+](=O)[O-])N1CCCC1. The molecule has 1 aromatic rings. The second-order valence-corrected chi connectivity index (χ2v) is 4.81. The minimum absolute atomic E-state index is 0.0699. The molecular formula is C13H15F2N3O3. The van der Waals surface area contributed by atoms with E-state index in [-0.39, 0.29) is 24.6 Å². The number of nitrogens with zero attached hydrogens (tertiary/aromatic N) is 2. The van der Waals surface area contributed by atoms with E-state index in [9.17, 15) is 23.7 Å². The monoisotopic (exact) mass is 299 g/mol. The molecule has 0 aromatic heterocycles. The van der Waals surface area contributed by atoms with E-state index in [1.54, 1.807) is 4.90 Å². The molecule has 0 aliphatic carbocycles. The second kappa shape index (κ2) is 6.47. The van der Waals surface area contributed by atoms with Crippen molar-refractivity contribution in [1.29, 1.82) is 0 Å². The third-order valence-corrected chi connectivity index (χ3v) is 3.32. The van der Waals surface area contributed by atoms with Gasteiger partial charge in [-0.05, 0) is 12.8 Å². The van der Waals surface area contributed by atoms with E-state index in [2.05, 4.69) is 5.32 Å². The fourth-order valence-corrected chi connectivity index (χ4v) is 2.32. The largest absolute Gasteiger partial charge is 0.379 e. The Hall–Kier alpha value is -2.25. The number of anilines is 1. The number of halogens is 2. The minimum Gasteiger partial charge on any atom is -0.379 e. The molecule has 1 aromatic carbocycles. The average molecular weight is 299 g/mol. The van der Waals surface area contributed by atoms with Gasteiger partial charge in [0.05, 0.1) is 4.92 Å². The van der Waals surface area contributed by atoms with Crippen LogP contribution in [-0.4, -0.2) is 35.4 Å². The van der Waals surface area contributed by atoms with Gasteiger partial charge in [0, 0.05) is 38.2 Å². The van der Waals surface area contributed by atoms with Crippen molar-refractivity contribution in [1.82, 2.24) is 4.90 Å². The summed E-state index contributed by atoms with van der Waals surface area (Å²) in [5.41, 5.74) is -1.07. The normalized spacial score (nSPS) is 14.3. The maximum Gasteiger partial charge on any atom is 0.327 e. The summed E-state index contributed by atoms with van der Waals surface area (Å²) in [7, 11) is 0. The van der Waals surface area contributed by atoms with E-state index in [1.165, 1.54) is 0 Å². The first-order valence-corrected chi connectivity index (χ1v) is 6.64. The Morgan fingerprint density at radius 3 is 2.62 bits per heavy atom. The van der Waals surface area contributed by atoms with Crippen LogP contribution in [0.1, 0.15) is 19.3 Å². The first kappa shape index (κ1) is 15.1. The molecule has 1 aliphatic rings. The molecule has 1 amide bonds. The molecule has 0 unspecified atom stereocenters.